The summed E-state index contributed by atoms with van der Waals surface area (Å²) in [7, 11) is 0. The standard InChI is InChI=1S/C22H20FN3O3/c1-22(2)13-18(16-9-8-14(23)12-19(16)29-22)24-21(28)17-10-11-20(27)26(25-17)15-6-4-3-5-7-15/h3-12,18H,13H2,1-2H3,(H,24,28). The third kappa shape index (κ3) is 3.89. The molecule has 6 nitrogen and oxygen atoms in total. The molecule has 4 rings (SSSR count). The van der Waals surface area contributed by atoms with Gasteiger partial charge in [-0.2, -0.15) is 9.78 Å². The molecule has 0 bridgehead atoms. The molecule has 1 N–H and O–H groups in total. The fourth-order valence-corrected chi connectivity index (χ4v) is 3.47. The molecular weight excluding hydrogens is 373 g/mol. The molecule has 1 aliphatic heterocycles. The summed E-state index contributed by atoms with van der Waals surface area (Å²) in [4.78, 5) is 25.1. The van der Waals surface area contributed by atoms with Crippen LogP contribution in [0, 0.1) is 5.82 Å². The number of rotatable bonds is 3. The predicted molar refractivity (Wildman–Crippen MR) is 106 cm³/mol. The average molecular weight is 393 g/mol. The monoisotopic (exact) mass is 393 g/mol. The number of hydrogen-bond acceptors (Lipinski definition) is 4. The first kappa shape index (κ1) is 18.9. The quantitative estimate of drug-likeness (QED) is 0.740. The molecule has 1 unspecified atom stereocenters. The fourth-order valence-electron chi connectivity index (χ4n) is 3.47. The second-order valence-electron chi connectivity index (χ2n) is 7.58. The first-order chi connectivity index (χ1) is 13.8. The van der Waals surface area contributed by atoms with Gasteiger partial charge in [-0.15, -0.1) is 0 Å². The number of halogens is 1. The number of amides is 1. The van der Waals surface area contributed by atoms with Crippen molar-refractivity contribution in [3.05, 3.63) is 88.1 Å². The number of fused-ring (bicyclic) bond motifs is 1. The summed E-state index contributed by atoms with van der Waals surface area (Å²) < 4.78 is 20.7. The van der Waals surface area contributed by atoms with Crippen molar-refractivity contribution in [2.75, 3.05) is 0 Å². The SMILES string of the molecule is CC1(C)CC(NC(=O)c2ccc(=O)n(-c3ccccc3)n2)c2ccc(F)cc2O1. The van der Waals surface area contributed by atoms with Crippen LogP contribution in [0.2, 0.25) is 0 Å². The summed E-state index contributed by atoms with van der Waals surface area (Å²) in [5.41, 5.74) is 0.479. The maximum Gasteiger partial charge on any atom is 0.272 e. The molecule has 3 aromatic rings. The average Bonchev–Trinajstić information content (AvgIpc) is 2.67. The minimum atomic E-state index is -0.574. The third-order valence-corrected chi connectivity index (χ3v) is 4.77. The summed E-state index contributed by atoms with van der Waals surface area (Å²) in [6.07, 6.45) is 0.510. The highest BCUT2D eigenvalue weighted by Gasteiger charge is 2.35. The highest BCUT2D eigenvalue weighted by atomic mass is 19.1. The topological polar surface area (TPSA) is 73.2 Å². The Kier molecular flexibility index (Phi) is 4.66. The van der Waals surface area contributed by atoms with E-state index < -0.39 is 17.3 Å². The second kappa shape index (κ2) is 7.16. The van der Waals surface area contributed by atoms with Crippen LogP contribution >= 0.6 is 0 Å². The molecule has 1 aliphatic rings. The van der Waals surface area contributed by atoms with Gasteiger partial charge in [0, 0.05) is 24.1 Å². The zero-order valence-electron chi connectivity index (χ0n) is 16.1. The van der Waals surface area contributed by atoms with Crippen LogP contribution in [0.4, 0.5) is 4.39 Å². The van der Waals surface area contributed by atoms with E-state index in [1.807, 2.05) is 19.9 Å². The molecule has 1 amide bonds. The van der Waals surface area contributed by atoms with Crippen molar-refractivity contribution in [2.24, 2.45) is 0 Å². The van der Waals surface area contributed by atoms with E-state index in [1.54, 1.807) is 30.3 Å². The van der Waals surface area contributed by atoms with E-state index in [0.717, 1.165) is 0 Å². The van der Waals surface area contributed by atoms with Gasteiger partial charge in [-0.3, -0.25) is 9.59 Å². The number of carbonyl (C=O) groups is 1. The van der Waals surface area contributed by atoms with Crippen molar-refractivity contribution in [1.82, 2.24) is 15.1 Å². The smallest absolute Gasteiger partial charge is 0.272 e. The number of aromatic nitrogens is 2. The van der Waals surface area contributed by atoms with Gasteiger partial charge in [0.25, 0.3) is 11.5 Å². The molecule has 1 atom stereocenters. The summed E-state index contributed by atoms with van der Waals surface area (Å²) in [6.45, 7) is 3.77. The van der Waals surface area contributed by atoms with Gasteiger partial charge in [0.05, 0.1) is 11.7 Å². The maximum atomic E-state index is 13.6. The van der Waals surface area contributed by atoms with Crippen molar-refractivity contribution in [2.45, 2.75) is 31.9 Å². The van der Waals surface area contributed by atoms with Gasteiger partial charge in [0.2, 0.25) is 0 Å². The van der Waals surface area contributed by atoms with Crippen LogP contribution in [0.1, 0.15) is 42.4 Å². The van der Waals surface area contributed by atoms with Gasteiger partial charge in [-0.1, -0.05) is 24.3 Å². The largest absolute Gasteiger partial charge is 0.487 e. The van der Waals surface area contributed by atoms with Gasteiger partial charge in [0.1, 0.15) is 22.9 Å². The predicted octanol–water partition coefficient (Wildman–Crippen LogP) is 3.40. The normalized spacial score (nSPS) is 17.1. The van der Waals surface area contributed by atoms with Gasteiger partial charge in [0.15, 0.2) is 0 Å². The molecule has 148 valence electrons. The number of nitrogens with zero attached hydrogens (tertiary/aromatic N) is 2. The molecule has 0 fully saturated rings. The van der Waals surface area contributed by atoms with Gasteiger partial charge in [-0.05, 0) is 38.1 Å². The van der Waals surface area contributed by atoms with E-state index in [9.17, 15) is 14.0 Å². The Morgan fingerprint density at radius 1 is 1.17 bits per heavy atom. The maximum absolute atomic E-state index is 13.6. The lowest BCUT2D eigenvalue weighted by Crippen LogP contribution is -2.41. The molecule has 0 radical (unpaired) electrons. The minimum Gasteiger partial charge on any atom is -0.487 e. The summed E-state index contributed by atoms with van der Waals surface area (Å²) in [6, 6.07) is 15.5. The molecule has 29 heavy (non-hydrogen) atoms. The Morgan fingerprint density at radius 3 is 2.69 bits per heavy atom. The van der Waals surface area contributed by atoms with Gasteiger partial charge in [-0.25, -0.2) is 4.39 Å². The molecule has 7 heteroatoms. The lowest BCUT2D eigenvalue weighted by atomic mass is 9.89. The highest BCUT2D eigenvalue weighted by Crippen LogP contribution is 2.39. The van der Waals surface area contributed by atoms with E-state index >= 15 is 0 Å². The Labute approximate surface area is 166 Å². The Morgan fingerprint density at radius 2 is 1.93 bits per heavy atom. The first-order valence-electron chi connectivity index (χ1n) is 9.27. The Balaban J connectivity index is 1.64. The second-order valence-corrected chi connectivity index (χ2v) is 7.58. The van der Waals surface area contributed by atoms with Crippen LogP contribution in [-0.2, 0) is 0 Å². The van der Waals surface area contributed by atoms with Crippen molar-refractivity contribution in [3.63, 3.8) is 0 Å². The Hall–Kier alpha value is -3.48. The number of ether oxygens (including phenoxy) is 1. The molecule has 2 heterocycles. The number of benzene rings is 2. The summed E-state index contributed by atoms with van der Waals surface area (Å²) in [5, 5.41) is 7.16. The molecule has 0 saturated heterocycles. The minimum absolute atomic E-state index is 0.112. The molecule has 1 aromatic heterocycles. The zero-order chi connectivity index (χ0) is 20.6. The van der Waals surface area contributed by atoms with E-state index in [1.165, 1.54) is 28.9 Å². The third-order valence-electron chi connectivity index (χ3n) is 4.77. The van der Waals surface area contributed by atoms with Crippen LogP contribution in [0.5, 0.6) is 5.75 Å². The van der Waals surface area contributed by atoms with E-state index in [-0.39, 0.29) is 17.3 Å². The summed E-state index contributed by atoms with van der Waals surface area (Å²) >= 11 is 0. The Bertz CT molecular complexity index is 1130. The molecule has 2 aromatic carbocycles. The van der Waals surface area contributed by atoms with Crippen LogP contribution in [-0.4, -0.2) is 21.3 Å². The number of hydrogen-bond donors (Lipinski definition) is 1. The van der Waals surface area contributed by atoms with Crippen molar-refractivity contribution >= 4 is 5.91 Å². The number of nitrogens with one attached hydrogen (secondary N) is 1. The lowest BCUT2D eigenvalue weighted by Gasteiger charge is -2.37. The van der Waals surface area contributed by atoms with E-state index in [4.69, 9.17) is 4.74 Å². The number of carbonyl (C=O) groups excluding carboxylic acids is 1. The van der Waals surface area contributed by atoms with Crippen molar-refractivity contribution in [3.8, 4) is 11.4 Å². The van der Waals surface area contributed by atoms with E-state index in [2.05, 4.69) is 10.4 Å². The van der Waals surface area contributed by atoms with Crippen LogP contribution in [0.25, 0.3) is 5.69 Å². The number of para-hydroxylation sites is 1. The van der Waals surface area contributed by atoms with Crippen molar-refractivity contribution < 1.29 is 13.9 Å². The molecule has 0 saturated carbocycles. The fraction of sp³-hybridized carbons (Fsp3) is 0.227. The summed E-state index contributed by atoms with van der Waals surface area (Å²) in [5.74, 6) is -0.412. The highest BCUT2D eigenvalue weighted by molar-refractivity contribution is 5.92. The van der Waals surface area contributed by atoms with Crippen LogP contribution < -0.4 is 15.6 Å². The van der Waals surface area contributed by atoms with Crippen LogP contribution in [0.3, 0.4) is 0 Å². The zero-order valence-corrected chi connectivity index (χ0v) is 16.1. The van der Waals surface area contributed by atoms with E-state index in [0.29, 0.717) is 23.4 Å². The molecular formula is C22H20FN3O3. The molecule has 0 aliphatic carbocycles. The van der Waals surface area contributed by atoms with Gasteiger partial charge < -0.3 is 10.1 Å². The van der Waals surface area contributed by atoms with Crippen LogP contribution in [0.15, 0.2) is 65.5 Å². The van der Waals surface area contributed by atoms with Gasteiger partial charge >= 0.3 is 0 Å². The molecule has 0 spiro atoms. The first-order valence-corrected chi connectivity index (χ1v) is 9.27. The lowest BCUT2D eigenvalue weighted by molar-refractivity contribution is 0.0614. The van der Waals surface area contributed by atoms with Crippen molar-refractivity contribution in [1.29, 1.82) is 0 Å².